The molecule has 1 amide bonds. The van der Waals surface area contributed by atoms with Gasteiger partial charge in [0.05, 0.1) is 30.5 Å². The molecule has 1 aliphatic carbocycles. The zero-order valence-corrected chi connectivity index (χ0v) is 19.3. The van der Waals surface area contributed by atoms with E-state index in [0.717, 1.165) is 29.3 Å². The zero-order valence-electron chi connectivity index (χ0n) is 19.3. The predicted octanol–water partition coefficient (Wildman–Crippen LogP) is 5.09. The molecular weight excluding hydrogens is 443 g/mol. The smallest absolute Gasteiger partial charge is 0.251 e. The third-order valence-electron chi connectivity index (χ3n) is 6.94. The van der Waals surface area contributed by atoms with Gasteiger partial charge in [-0.3, -0.25) is 9.89 Å². The molecule has 2 fully saturated rings. The number of aromatic nitrogens is 2. The predicted molar refractivity (Wildman–Crippen MR) is 134 cm³/mol. The first-order valence-corrected chi connectivity index (χ1v) is 12.1. The highest BCUT2D eigenvalue weighted by atomic mass is 19.1. The van der Waals surface area contributed by atoms with Gasteiger partial charge in [0.2, 0.25) is 0 Å². The fraction of sp³-hybridized carbons (Fsp3) is 0.286. The molecular formula is C28H27FN4O2. The summed E-state index contributed by atoms with van der Waals surface area (Å²) < 4.78 is 20.4. The molecule has 35 heavy (non-hydrogen) atoms. The Morgan fingerprint density at radius 2 is 1.86 bits per heavy atom. The molecule has 1 aromatic heterocycles. The highest BCUT2D eigenvalue weighted by Crippen LogP contribution is 2.41. The molecule has 0 spiro atoms. The first-order valence-electron chi connectivity index (χ1n) is 12.1. The third kappa shape index (κ3) is 4.39. The second-order valence-electron chi connectivity index (χ2n) is 9.30. The van der Waals surface area contributed by atoms with Gasteiger partial charge in [-0.25, -0.2) is 4.39 Å². The minimum Gasteiger partial charge on any atom is -0.378 e. The van der Waals surface area contributed by atoms with Crippen LogP contribution >= 0.6 is 0 Å². The van der Waals surface area contributed by atoms with E-state index in [9.17, 15) is 4.79 Å². The number of morpholine rings is 1. The Balaban J connectivity index is 1.28. The standard InChI is InChI=1S/C28H27FN4O2/c29-23-17-20(9-11-25(23)33-12-14-35-15-13-33)27-22-16-21(8-10-24(22)31-32-27)28(34)30-26(19-6-7-19)18-4-2-1-3-5-18/h1-5,8-11,16-17,19,26H,6-7,12-15H2,(H,30,34)(H,31,32). The largest absolute Gasteiger partial charge is 0.378 e. The second-order valence-corrected chi connectivity index (χ2v) is 9.30. The van der Waals surface area contributed by atoms with E-state index in [2.05, 4.69) is 27.6 Å². The molecule has 2 aliphatic rings. The summed E-state index contributed by atoms with van der Waals surface area (Å²) in [4.78, 5) is 15.2. The molecule has 2 heterocycles. The van der Waals surface area contributed by atoms with Crippen LogP contribution < -0.4 is 10.2 Å². The summed E-state index contributed by atoms with van der Waals surface area (Å²) in [6, 6.07) is 20.8. The van der Waals surface area contributed by atoms with Gasteiger partial charge in [0, 0.05) is 29.6 Å². The number of H-pyrrole nitrogens is 1. The summed E-state index contributed by atoms with van der Waals surface area (Å²) >= 11 is 0. The van der Waals surface area contributed by atoms with E-state index in [1.54, 1.807) is 12.1 Å². The van der Waals surface area contributed by atoms with Gasteiger partial charge in [0.15, 0.2) is 0 Å². The third-order valence-corrected chi connectivity index (χ3v) is 6.94. The van der Waals surface area contributed by atoms with Crippen LogP contribution in [0.4, 0.5) is 10.1 Å². The van der Waals surface area contributed by atoms with Crippen molar-refractivity contribution in [3.63, 3.8) is 0 Å². The number of fused-ring (bicyclic) bond motifs is 1. The van der Waals surface area contributed by atoms with E-state index in [1.807, 2.05) is 41.3 Å². The van der Waals surface area contributed by atoms with E-state index >= 15 is 4.39 Å². The summed E-state index contributed by atoms with van der Waals surface area (Å²) in [5.74, 6) is 0.0701. The molecule has 1 atom stereocenters. The average Bonchev–Trinajstić information content (AvgIpc) is 3.66. The maximum absolute atomic E-state index is 15.0. The summed E-state index contributed by atoms with van der Waals surface area (Å²) in [7, 11) is 0. The number of hydrogen-bond donors (Lipinski definition) is 2. The normalized spacial score (nSPS) is 16.9. The zero-order chi connectivity index (χ0) is 23.8. The number of ether oxygens (including phenoxy) is 1. The van der Waals surface area contributed by atoms with Gasteiger partial charge in [0.25, 0.3) is 5.91 Å². The van der Waals surface area contributed by atoms with Crippen LogP contribution in [0.5, 0.6) is 0 Å². The van der Waals surface area contributed by atoms with Gasteiger partial charge in [0.1, 0.15) is 11.5 Å². The molecule has 4 aromatic rings. The molecule has 0 bridgehead atoms. The summed E-state index contributed by atoms with van der Waals surface area (Å²) in [6.07, 6.45) is 2.24. The van der Waals surface area contributed by atoms with Crippen molar-refractivity contribution in [2.45, 2.75) is 18.9 Å². The van der Waals surface area contributed by atoms with Gasteiger partial charge in [-0.1, -0.05) is 36.4 Å². The van der Waals surface area contributed by atoms with Crippen LogP contribution in [0.3, 0.4) is 0 Å². The molecule has 6 nitrogen and oxygen atoms in total. The summed E-state index contributed by atoms with van der Waals surface area (Å²) in [5.41, 5.74) is 4.36. The lowest BCUT2D eigenvalue weighted by Gasteiger charge is -2.29. The fourth-order valence-electron chi connectivity index (χ4n) is 4.88. The Hall–Kier alpha value is -3.71. The number of anilines is 1. The van der Waals surface area contributed by atoms with Crippen molar-refractivity contribution in [2.24, 2.45) is 5.92 Å². The topological polar surface area (TPSA) is 70.2 Å². The number of amides is 1. The molecule has 2 N–H and O–H groups in total. The Kier molecular flexibility index (Phi) is 5.70. The van der Waals surface area contributed by atoms with Crippen molar-refractivity contribution < 1.29 is 13.9 Å². The number of carbonyl (C=O) groups is 1. The quantitative estimate of drug-likeness (QED) is 0.412. The van der Waals surface area contributed by atoms with Crippen molar-refractivity contribution in [2.75, 3.05) is 31.2 Å². The molecule has 0 radical (unpaired) electrons. The Morgan fingerprint density at radius 1 is 1.06 bits per heavy atom. The van der Waals surface area contributed by atoms with Gasteiger partial charge >= 0.3 is 0 Å². The van der Waals surface area contributed by atoms with Crippen molar-refractivity contribution in [3.05, 3.63) is 83.7 Å². The van der Waals surface area contributed by atoms with Crippen LogP contribution in [0.2, 0.25) is 0 Å². The second kappa shape index (κ2) is 9.15. The summed E-state index contributed by atoms with van der Waals surface area (Å²) in [5, 5.41) is 11.5. The van der Waals surface area contributed by atoms with Crippen LogP contribution in [0.15, 0.2) is 66.7 Å². The number of benzene rings is 3. The fourth-order valence-corrected chi connectivity index (χ4v) is 4.88. The van der Waals surface area contributed by atoms with Crippen molar-refractivity contribution in [1.29, 1.82) is 0 Å². The van der Waals surface area contributed by atoms with E-state index < -0.39 is 0 Å². The number of nitrogens with one attached hydrogen (secondary N) is 2. The minimum absolute atomic E-state index is 0.00467. The van der Waals surface area contributed by atoms with Crippen LogP contribution in [-0.2, 0) is 4.74 Å². The Bertz CT molecular complexity index is 1360. The lowest BCUT2D eigenvalue weighted by molar-refractivity contribution is 0.0932. The highest BCUT2D eigenvalue weighted by molar-refractivity contribution is 6.01. The number of nitrogens with zero attached hydrogens (tertiary/aromatic N) is 2. The van der Waals surface area contributed by atoms with E-state index in [-0.39, 0.29) is 17.8 Å². The number of aromatic amines is 1. The molecule has 178 valence electrons. The number of carbonyl (C=O) groups excluding carboxylic acids is 1. The Labute approximate surface area is 203 Å². The molecule has 3 aromatic carbocycles. The highest BCUT2D eigenvalue weighted by Gasteiger charge is 2.33. The molecule has 6 rings (SSSR count). The first kappa shape index (κ1) is 21.8. The number of hydrogen-bond acceptors (Lipinski definition) is 4. The lowest BCUT2D eigenvalue weighted by Crippen LogP contribution is -2.36. The van der Waals surface area contributed by atoms with Crippen LogP contribution in [0.25, 0.3) is 22.2 Å². The molecule has 1 aliphatic heterocycles. The number of halogens is 1. The van der Waals surface area contributed by atoms with Gasteiger partial charge in [-0.2, -0.15) is 5.10 Å². The van der Waals surface area contributed by atoms with Crippen molar-refractivity contribution in [3.8, 4) is 11.3 Å². The molecule has 1 saturated heterocycles. The van der Waals surface area contributed by atoms with Gasteiger partial charge < -0.3 is 15.0 Å². The maximum atomic E-state index is 15.0. The number of rotatable bonds is 6. The van der Waals surface area contributed by atoms with Crippen molar-refractivity contribution in [1.82, 2.24) is 15.5 Å². The SMILES string of the molecule is O=C(NC(c1ccccc1)C1CC1)c1ccc2[nH]nc(-c3ccc(N4CCOCC4)c(F)c3)c2c1. The first-order chi connectivity index (χ1) is 17.2. The average molecular weight is 471 g/mol. The van der Waals surface area contributed by atoms with Crippen LogP contribution in [-0.4, -0.2) is 42.4 Å². The molecule has 1 saturated carbocycles. The van der Waals surface area contributed by atoms with E-state index in [1.165, 1.54) is 6.07 Å². The molecule has 7 heteroatoms. The maximum Gasteiger partial charge on any atom is 0.251 e. The van der Waals surface area contributed by atoms with Gasteiger partial charge in [-0.05, 0) is 54.7 Å². The lowest BCUT2D eigenvalue weighted by atomic mass is 10.0. The van der Waals surface area contributed by atoms with Crippen molar-refractivity contribution >= 4 is 22.5 Å². The monoisotopic (exact) mass is 470 g/mol. The molecule has 1 unspecified atom stereocenters. The van der Waals surface area contributed by atoms with Crippen LogP contribution in [0, 0.1) is 11.7 Å². The minimum atomic E-state index is -0.287. The summed E-state index contributed by atoms with van der Waals surface area (Å²) in [6.45, 7) is 2.54. The Morgan fingerprint density at radius 3 is 2.60 bits per heavy atom. The van der Waals surface area contributed by atoms with Gasteiger partial charge in [-0.15, -0.1) is 0 Å². The van der Waals surface area contributed by atoms with E-state index in [4.69, 9.17) is 4.74 Å². The van der Waals surface area contributed by atoms with Crippen LogP contribution in [0.1, 0.15) is 34.8 Å². The van der Waals surface area contributed by atoms with E-state index in [0.29, 0.717) is 54.7 Å².